The topological polar surface area (TPSA) is 108 Å². The van der Waals surface area contributed by atoms with Gasteiger partial charge in [0.1, 0.15) is 28.7 Å². The van der Waals surface area contributed by atoms with Crippen LogP contribution in [0.25, 0.3) is 0 Å². The number of esters is 2. The van der Waals surface area contributed by atoms with Gasteiger partial charge in [0.05, 0.1) is 11.8 Å². The normalized spacial score (nSPS) is 10.1. The van der Waals surface area contributed by atoms with Crippen molar-refractivity contribution < 1.29 is 47.5 Å². The SMILES string of the molecule is C=COCOCOc1ccc(OCOc2ccc(OC(=O)c3ccc(OCOC(=O)C=C)cc3)c(C)c2)cc1. The Hall–Kier alpha value is -4.96. The second-order valence-electron chi connectivity index (χ2n) is 7.57. The maximum atomic E-state index is 12.5. The van der Waals surface area contributed by atoms with Crippen LogP contribution >= 0.6 is 0 Å². The molecule has 0 saturated carbocycles. The highest BCUT2D eigenvalue weighted by molar-refractivity contribution is 5.91. The zero-order valence-electron chi connectivity index (χ0n) is 21.3. The molecule has 204 valence electrons. The summed E-state index contributed by atoms with van der Waals surface area (Å²) in [6, 6.07) is 18.2. The fraction of sp³-hybridized carbons (Fsp3) is 0.172. The molecule has 0 aliphatic carbocycles. The van der Waals surface area contributed by atoms with Crippen LogP contribution in [-0.4, -0.2) is 39.1 Å². The van der Waals surface area contributed by atoms with E-state index in [1.807, 2.05) is 0 Å². The predicted molar refractivity (Wildman–Crippen MR) is 140 cm³/mol. The summed E-state index contributed by atoms with van der Waals surface area (Å²) in [6.07, 6.45) is 2.32. The van der Waals surface area contributed by atoms with E-state index in [-0.39, 0.29) is 27.2 Å². The lowest BCUT2D eigenvalue weighted by Crippen LogP contribution is -2.10. The molecule has 0 amide bonds. The van der Waals surface area contributed by atoms with Gasteiger partial charge in [-0.2, -0.15) is 0 Å². The quantitative estimate of drug-likeness (QED) is 0.0608. The van der Waals surface area contributed by atoms with Gasteiger partial charge in [0, 0.05) is 6.08 Å². The first kappa shape index (κ1) is 28.6. The van der Waals surface area contributed by atoms with Gasteiger partial charge in [-0.15, -0.1) is 0 Å². The van der Waals surface area contributed by atoms with Gasteiger partial charge in [0.2, 0.25) is 13.6 Å². The van der Waals surface area contributed by atoms with Crippen LogP contribution in [-0.2, 0) is 19.0 Å². The van der Waals surface area contributed by atoms with Gasteiger partial charge in [0.15, 0.2) is 13.6 Å². The van der Waals surface area contributed by atoms with Crippen molar-refractivity contribution in [1.82, 2.24) is 0 Å². The molecule has 0 heterocycles. The van der Waals surface area contributed by atoms with Crippen LogP contribution in [0.1, 0.15) is 15.9 Å². The molecule has 0 N–H and O–H groups in total. The van der Waals surface area contributed by atoms with Crippen molar-refractivity contribution in [3.63, 3.8) is 0 Å². The number of hydrogen-bond acceptors (Lipinski definition) is 10. The van der Waals surface area contributed by atoms with Crippen molar-refractivity contribution in [3.8, 4) is 28.7 Å². The van der Waals surface area contributed by atoms with Crippen LogP contribution in [0.2, 0.25) is 0 Å². The molecule has 3 aromatic rings. The van der Waals surface area contributed by atoms with E-state index in [0.29, 0.717) is 39.9 Å². The van der Waals surface area contributed by atoms with Crippen LogP contribution in [0.4, 0.5) is 0 Å². The number of benzene rings is 3. The van der Waals surface area contributed by atoms with Crippen LogP contribution in [0.5, 0.6) is 28.7 Å². The Bertz CT molecular complexity index is 1240. The van der Waals surface area contributed by atoms with Gasteiger partial charge in [-0.05, 0) is 79.2 Å². The molecule has 0 aliphatic heterocycles. The number of ether oxygens (including phenoxy) is 8. The zero-order chi connectivity index (χ0) is 27.9. The van der Waals surface area contributed by atoms with Gasteiger partial charge in [-0.1, -0.05) is 13.2 Å². The molecule has 10 nitrogen and oxygen atoms in total. The Morgan fingerprint density at radius 3 is 1.90 bits per heavy atom. The van der Waals surface area contributed by atoms with E-state index in [4.69, 9.17) is 37.9 Å². The Morgan fingerprint density at radius 2 is 1.28 bits per heavy atom. The Kier molecular flexibility index (Phi) is 11.2. The van der Waals surface area contributed by atoms with E-state index in [1.165, 1.54) is 6.26 Å². The van der Waals surface area contributed by atoms with Crippen LogP contribution in [0.15, 0.2) is 92.2 Å². The molecular formula is C29H28O10. The molecule has 0 atom stereocenters. The summed E-state index contributed by atoms with van der Waals surface area (Å²) in [5, 5.41) is 0. The highest BCUT2D eigenvalue weighted by Crippen LogP contribution is 2.25. The van der Waals surface area contributed by atoms with E-state index in [0.717, 1.165) is 6.08 Å². The monoisotopic (exact) mass is 536 g/mol. The maximum absolute atomic E-state index is 12.5. The molecule has 10 heteroatoms. The Labute approximate surface area is 225 Å². The van der Waals surface area contributed by atoms with Crippen LogP contribution < -0.4 is 23.7 Å². The summed E-state index contributed by atoms with van der Waals surface area (Å²) >= 11 is 0. The molecule has 0 unspecified atom stereocenters. The van der Waals surface area contributed by atoms with Gasteiger partial charge in [0.25, 0.3) is 0 Å². The molecule has 0 aromatic heterocycles. The van der Waals surface area contributed by atoms with Gasteiger partial charge in [-0.25, -0.2) is 9.59 Å². The maximum Gasteiger partial charge on any atom is 0.343 e. The summed E-state index contributed by atoms with van der Waals surface area (Å²) < 4.78 is 42.1. The molecule has 0 fully saturated rings. The molecule has 0 radical (unpaired) electrons. The number of hydrogen-bond donors (Lipinski definition) is 0. The number of carbonyl (C=O) groups is 2. The third-order valence-corrected chi connectivity index (χ3v) is 4.89. The molecule has 0 aliphatic rings. The first-order chi connectivity index (χ1) is 19.0. The van der Waals surface area contributed by atoms with Gasteiger partial charge >= 0.3 is 11.9 Å². The second kappa shape index (κ2) is 15.3. The second-order valence-corrected chi connectivity index (χ2v) is 7.57. The molecule has 3 rings (SSSR count). The van der Waals surface area contributed by atoms with E-state index in [9.17, 15) is 9.59 Å². The third-order valence-electron chi connectivity index (χ3n) is 4.89. The summed E-state index contributed by atoms with van der Waals surface area (Å²) in [4.78, 5) is 23.6. The van der Waals surface area contributed by atoms with E-state index in [2.05, 4.69) is 13.2 Å². The first-order valence-electron chi connectivity index (χ1n) is 11.6. The van der Waals surface area contributed by atoms with Crippen molar-refractivity contribution in [3.05, 3.63) is 103 Å². The van der Waals surface area contributed by atoms with E-state index >= 15 is 0 Å². The minimum absolute atomic E-state index is 0.0258. The average Bonchev–Trinajstić information content (AvgIpc) is 2.95. The molecule has 0 spiro atoms. The minimum Gasteiger partial charge on any atom is -0.476 e. The molecule has 39 heavy (non-hydrogen) atoms. The Balaban J connectivity index is 1.42. The molecule has 0 bridgehead atoms. The highest BCUT2D eigenvalue weighted by atomic mass is 16.7. The largest absolute Gasteiger partial charge is 0.476 e. The first-order valence-corrected chi connectivity index (χ1v) is 11.6. The van der Waals surface area contributed by atoms with Crippen LogP contribution in [0.3, 0.4) is 0 Å². The van der Waals surface area contributed by atoms with Gasteiger partial charge < -0.3 is 37.9 Å². The average molecular weight is 537 g/mol. The van der Waals surface area contributed by atoms with E-state index < -0.39 is 11.9 Å². The van der Waals surface area contributed by atoms with Crippen molar-refractivity contribution in [1.29, 1.82) is 0 Å². The fourth-order valence-corrected chi connectivity index (χ4v) is 2.92. The smallest absolute Gasteiger partial charge is 0.343 e. The summed E-state index contributed by atoms with van der Waals surface area (Å²) in [5.74, 6) is 1.43. The predicted octanol–water partition coefficient (Wildman–Crippen LogP) is 5.17. The lowest BCUT2D eigenvalue weighted by atomic mass is 10.2. The standard InChI is InChI=1S/C29H28O10/c1-4-28(30)38-20-36-23-8-6-22(7-9-23)29(31)39-27-15-14-26(16-21(27)3)37-19-35-25-12-10-24(11-13-25)34-18-33-17-32-5-2/h4-16H,1-2,17-20H2,3H3. The fourth-order valence-electron chi connectivity index (χ4n) is 2.92. The van der Waals surface area contributed by atoms with Crippen molar-refractivity contribution >= 4 is 11.9 Å². The number of rotatable bonds is 16. The molecule has 3 aromatic carbocycles. The van der Waals surface area contributed by atoms with Gasteiger partial charge in [-0.3, -0.25) is 0 Å². The van der Waals surface area contributed by atoms with E-state index in [1.54, 1.807) is 73.7 Å². The summed E-state index contributed by atoms with van der Waals surface area (Å²) in [6.45, 7) is 8.32. The summed E-state index contributed by atoms with van der Waals surface area (Å²) in [7, 11) is 0. The number of aryl methyl sites for hydroxylation is 1. The minimum atomic E-state index is -0.593. The molecular weight excluding hydrogens is 508 g/mol. The van der Waals surface area contributed by atoms with Crippen molar-refractivity contribution in [2.45, 2.75) is 6.92 Å². The lowest BCUT2D eigenvalue weighted by molar-refractivity contribution is -0.144. The Morgan fingerprint density at radius 1 is 0.718 bits per heavy atom. The summed E-state index contributed by atoms with van der Waals surface area (Å²) in [5.41, 5.74) is 1.02. The highest BCUT2D eigenvalue weighted by Gasteiger charge is 2.12. The van der Waals surface area contributed by atoms with Crippen molar-refractivity contribution in [2.24, 2.45) is 0 Å². The van der Waals surface area contributed by atoms with Crippen molar-refractivity contribution in [2.75, 3.05) is 27.2 Å². The third kappa shape index (κ3) is 9.78. The lowest BCUT2D eigenvalue weighted by Gasteiger charge is -2.12. The number of carbonyl (C=O) groups excluding carboxylic acids is 2. The van der Waals surface area contributed by atoms with Crippen LogP contribution in [0, 0.1) is 6.92 Å². The zero-order valence-corrected chi connectivity index (χ0v) is 21.3. The molecule has 0 saturated heterocycles.